The van der Waals surface area contributed by atoms with Gasteiger partial charge in [0.05, 0.1) is 12.1 Å². The first-order chi connectivity index (χ1) is 7.31. The second-order valence-electron chi connectivity index (χ2n) is 5.39. The zero-order chi connectivity index (χ0) is 12.3. The van der Waals surface area contributed by atoms with Crippen LogP contribution in [0.4, 0.5) is 4.79 Å². The van der Waals surface area contributed by atoms with Gasteiger partial charge in [-0.25, -0.2) is 4.79 Å². The van der Waals surface area contributed by atoms with Gasteiger partial charge in [-0.15, -0.1) is 0 Å². The Bertz CT molecular complexity index is 250. The molecule has 1 unspecified atom stereocenters. The van der Waals surface area contributed by atoms with Crippen LogP contribution in [0.25, 0.3) is 0 Å². The first kappa shape index (κ1) is 13.3. The molecule has 1 amide bonds. The lowest BCUT2D eigenvalue weighted by molar-refractivity contribution is 0.0450. The molecule has 0 spiro atoms. The minimum atomic E-state index is -0.513. The fourth-order valence-corrected chi connectivity index (χ4v) is 1.92. The zero-order valence-corrected chi connectivity index (χ0v) is 10.2. The SMILES string of the molecule is CC(C)(C)OC(=O)N[C@H]1CC(CN)C[C@@H]1O. The van der Waals surface area contributed by atoms with Crippen LogP contribution in [0.1, 0.15) is 33.6 Å². The highest BCUT2D eigenvalue weighted by Gasteiger charge is 2.34. The number of nitrogens with one attached hydrogen (secondary N) is 1. The van der Waals surface area contributed by atoms with Gasteiger partial charge in [0.25, 0.3) is 0 Å². The summed E-state index contributed by atoms with van der Waals surface area (Å²) >= 11 is 0. The number of aliphatic hydroxyl groups excluding tert-OH is 1. The Labute approximate surface area is 96.3 Å². The van der Waals surface area contributed by atoms with Gasteiger partial charge in [-0.05, 0) is 46.1 Å². The average Bonchev–Trinajstić information content (AvgIpc) is 2.44. The van der Waals surface area contributed by atoms with Crippen molar-refractivity contribution in [1.29, 1.82) is 0 Å². The maximum atomic E-state index is 11.5. The topological polar surface area (TPSA) is 84.6 Å². The summed E-state index contributed by atoms with van der Waals surface area (Å²) in [5.74, 6) is 0.287. The molecule has 1 aliphatic rings. The van der Waals surface area contributed by atoms with Crippen molar-refractivity contribution in [3.8, 4) is 0 Å². The number of aliphatic hydroxyl groups is 1. The van der Waals surface area contributed by atoms with E-state index in [9.17, 15) is 9.90 Å². The third-order valence-electron chi connectivity index (χ3n) is 2.66. The lowest BCUT2D eigenvalue weighted by atomic mass is 10.1. The number of carbonyl (C=O) groups is 1. The van der Waals surface area contributed by atoms with Crippen LogP contribution < -0.4 is 11.1 Å². The Balaban J connectivity index is 2.40. The highest BCUT2D eigenvalue weighted by Crippen LogP contribution is 2.25. The number of hydrogen-bond donors (Lipinski definition) is 3. The van der Waals surface area contributed by atoms with Crippen molar-refractivity contribution in [2.75, 3.05) is 6.54 Å². The molecule has 1 rings (SSSR count). The van der Waals surface area contributed by atoms with Crippen molar-refractivity contribution in [2.45, 2.75) is 51.4 Å². The number of alkyl carbamates (subject to hydrolysis) is 1. The van der Waals surface area contributed by atoms with Gasteiger partial charge in [-0.1, -0.05) is 0 Å². The number of amides is 1. The number of rotatable bonds is 2. The first-order valence-corrected chi connectivity index (χ1v) is 5.69. The fourth-order valence-electron chi connectivity index (χ4n) is 1.92. The molecule has 0 aromatic heterocycles. The fraction of sp³-hybridized carbons (Fsp3) is 0.909. The molecule has 5 nitrogen and oxygen atoms in total. The highest BCUT2D eigenvalue weighted by atomic mass is 16.6. The Morgan fingerprint density at radius 3 is 2.56 bits per heavy atom. The number of carbonyl (C=O) groups excluding carboxylic acids is 1. The molecule has 1 fully saturated rings. The van der Waals surface area contributed by atoms with E-state index in [2.05, 4.69) is 5.32 Å². The molecule has 1 aliphatic carbocycles. The van der Waals surface area contributed by atoms with E-state index in [1.165, 1.54) is 0 Å². The van der Waals surface area contributed by atoms with Crippen molar-refractivity contribution in [1.82, 2.24) is 5.32 Å². The average molecular weight is 230 g/mol. The third-order valence-corrected chi connectivity index (χ3v) is 2.66. The van der Waals surface area contributed by atoms with Crippen molar-refractivity contribution in [2.24, 2.45) is 11.7 Å². The van der Waals surface area contributed by atoms with Crippen LogP contribution in [-0.2, 0) is 4.74 Å². The summed E-state index contributed by atoms with van der Waals surface area (Å²) < 4.78 is 5.12. The second kappa shape index (κ2) is 5.01. The predicted octanol–water partition coefficient (Wildman–Crippen LogP) is 0.609. The van der Waals surface area contributed by atoms with Crippen LogP contribution in [0.2, 0.25) is 0 Å². The summed E-state index contributed by atoms with van der Waals surface area (Å²) in [6, 6.07) is -0.233. The van der Waals surface area contributed by atoms with E-state index in [0.717, 1.165) is 6.42 Å². The van der Waals surface area contributed by atoms with Crippen LogP contribution >= 0.6 is 0 Å². The highest BCUT2D eigenvalue weighted by molar-refractivity contribution is 5.68. The summed E-state index contributed by atoms with van der Waals surface area (Å²) in [4.78, 5) is 11.5. The monoisotopic (exact) mass is 230 g/mol. The Kier molecular flexibility index (Phi) is 4.15. The molecule has 0 saturated heterocycles. The van der Waals surface area contributed by atoms with Crippen LogP contribution in [0.3, 0.4) is 0 Å². The molecule has 0 radical (unpaired) electrons. The molecule has 5 heteroatoms. The molecule has 94 valence electrons. The minimum Gasteiger partial charge on any atom is -0.444 e. The molecular weight excluding hydrogens is 208 g/mol. The third kappa shape index (κ3) is 3.98. The van der Waals surface area contributed by atoms with E-state index in [0.29, 0.717) is 13.0 Å². The Morgan fingerprint density at radius 2 is 2.12 bits per heavy atom. The summed E-state index contributed by atoms with van der Waals surface area (Å²) in [7, 11) is 0. The van der Waals surface area contributed by atoms with Crippen molar-refractivity contribution >= 4 is 6.09 Å². The van der Waals surface area contributed by atoms with E-state index in [1.54, 1.807) is 20.8 Å². The largest absolute Gasteiger partial charge is 0.444 e. The van der Waals surface area contributed by atoms with Crippen LogP contribution in [0.5, 0.6) is 0 Å². The van der Waals surface area contributed by atoms with Gasteiger partial charge >= 0.3 is 6.09 Å². The Morgan fingerprint density at radius 1 is 1.50 bits per heavy atom. The lowest BCUT2D eigenvalue weighted by Crippen LogP contribution is -2.42. The van der Waals surface area contributed by atoms with Crippen LogP contribution in [-0.4, -0.2) is 35.5 Å². The van der Waals surface area contributed by atoms with Crippen LogP contribution in [0, 0.1) is 5.92 Å². The quantitative estimate of drug-likeness (QED) is 0.649. The van der Waals surface area contributed by atoms with Crippen molar-refractivity contribution in [3.05, 3.63) is 0 Å². The Hall–Kier alpha value is -0.810. The standard InChI is InChI=1S/C11H22N2O3/c1-11(2,3)16-10(15)13-8-4-7(6-12)5-9(8)14/h7-9,14H,4-6,12H2,1-3H3,(H,13,15)/t7?,8-,9-/m0/s1. The molecule has 0 aromatic carbocycles. The maximum absolute atomic E-state index is 11.5. The van der Waals surface area contributed by atoms with E-state index in [1.807, 2.05) is 0 Å². The van der Waals surface area contributed by atoms with E-state index in [-0.39, 0.29) is 12.0 Å². The number of hydrogen-bond acceptors (Lipinski definition) is 4. The molecule has 0 aliphatic heterocycles. The molecule has 16 heavy (non-hydrogen) atoms. The molecule has 0 bridgehead atoms. The summed E-state index contributed by atoms with van der Waals surface area (Å²) in [5.41, 5.74) is 5.02. The summed E-state index contributed by atoms with van der Waals surface area (Å²) in [5, 5.41) is 12.4. The summed E-state index contributed by atoms with van der Waals surface area (Å²) in [6.45, 7) is 5.96. The van der Waals surface area contributed by atoms with Gasteiger partial charge in [0.1, 0.15) is 5.60 Å². The molecular formula is C11H22N2O3. The summed E-state index contributed by atoms with van der Waals surface area (Å²) in [6.07, 6.45) is 0.378. The van der Waals surface area contributed by atoms with Crippen molar-refractivity contribution < 1.29 is 14.6 Å². The van der Waals surface area contributed by atoms with Gasteiger partial charge in [0.15, 0.2) is 0 Å². The molecule has 0 aromatic rings. The van der Waals surface area contributed by atoms with E-state index < -0.39 is 17.8 Å². The second-order valence-corrected chi connectivity index (χ2v) is 5.39. The minimum absolute atomic E-state index is 0.233. The van der Waals surface area contributed by atoms with Crippen molar-refractivity contribution in [3.63, 3.8) is 0 Å². The van der Waals surface area contributed by atoms with Gasteiger partial charge in [0, 0.05) is 0 Å². The maximum Gasteiger partial charge on any atom is 0.407 e. The smallest absolute Gasteiger partial charge is 0.407 e. The molecule has 0 heterocycles. The molecule has 4 N–H and O–H groups in total. The normalized spacial score (nSPS) is 30.2. The van der Waals surface area contributed by atoms with Gasteiger partial charge in [-0.3, -0.25) is 0 Å². The van der Waals surface area contributed by atoms with Gasteiger partial charge in [0.2, 0.25) is 0 Å². The van der Waals surface area contributed by atoms with Gasteiger partial charge in [-0.2, -0.15) is 0 Å². The van der Waals surface area contributed by atoms with E-state index >= 15 is 0 Å². The predicted molar refractivity (Wildman–Crippen MR) is 60.9 cm³/mol. The number of ether oxygens (including phenoxy) is 1. The van der Waals surface area contributed by atoms with Crippen LogP contribution in [0.15, 0.2) is 0 Å². The molecule has 3 atom stereocenters. The lowest BCUT2D eigenvalue weighted by Gasteiger charge is -2.22. The molecule has 1 saturated carbocycles. The first-order valence-electron chi connectivity index (χ1n) is 5.69. The van der Waals surface area contributed by atoms with Gasteiger partial charge < -0.3 is 20.9 Å². The van der Waals surface area contributed by atoms with E-state index in [4.69, 9.17) is 10.5 Å². The number of nitrogens with two attached hydrogens (primary N) is 1. The zero-order valence-electron chi connectivity index (χ0n) is 10.2.